The molecule has 1 aliphatic carbocycles. The van der Waals surface area contributed by atoms with Crippen molar-refractivity contribution < 1.29 is 23.1 Å². The lowest BCUT2D eigenvalue weighted by molar-refractivity contribution is -0.137. The number of carbonyl (C=O) groups excluding carboxylic acids is 2. The lowest BCUT2D eigenvalue weighted by Crippen LogP contribution is -2.34. The number of aromatic nitrogens is 2. The Morgan fingerprint density at radius 3 is 2.49 bits per heavy atom. The van der Waals surface area contributed by atoms with Gasteiger partial charge in [-0.3, -0.25) is 9.89 Å². The number of nitrogens with zero attached hydrogens (tertiary/aromatic N) is 3. The molecule has 4 aromatic rings. The van der Waals surface area contributed by atoms with E-state index in [4.69, 9.17) is 9.84 Å². The van der Waals surface area contributed by atoms with Gasteiger partial charge in [0.15, 0.2) is 12.3 Å². The Morgan fingerprint density at radius 2 is 1.72 bits per heavy atom. The number of hydrogen-bond donors (Lipinski definition) is 1. The highest BCUT2D eigenvalue weighted by Crippen LogP contribution is 2.44. The SMILES string of the molecule is O=C(OCC(=O)N1N=C2C(=Cc3ccc(F)cc3)CCCC2C1c1ccc(F)cc1)c1n[nH]c2ccccc12. The van der Waals surface area contributed by atoms with Crippen LogP contribution in [0.4, 0.5) is 8.78 Å². The van der Waals surface area contributed by atoms with Crippen molar-refractivity contribution in [2.24, 2.45) is 11.0 Å². The summed E-state index contributed by atoms with van der Waals surface area (Å²) in [5.41, 5.74) is 4.07. The second kappa shape index (κ2) is 10.2. The largest absolute Gasteiger partial charge is 0.451 e. The molecule has 0 radical (unpaired) electrons. The fourth-order valence-corrected chi connectivity index (χ4v) is 5.34. The summed E-state index contributed by atoms with van der Waals surface area (Å²) in [5, 5.41) is 13.5. The first kappa shape index (κ1) is 24.7. The average molecular weight is 527 g/mol. The number of halogens is 2. The predicted molar refractivity (Wildman–Crippen MR) is 142 cm³/mol. The molecule has 9 heteroatoms. The Bertz CT molecular complexity index is 1610. The second-order valence-corrected chi connectivity index (χ2v) is 9.63. The lowest BCUT2D eigenvalue weighted by Gasteiger charge is -2.29. The highest BCUT2D eigenvalue weighted by molar-refractivity contribution is 6.08. The minimum atomic E-state index is -0.722. The summed E-state index contributed by atoms with van der Waals surface area (Å²) in [6.07, 6.45) is 4.37. The van der Waals surface area contributed by atoms with Crippen molar-refractivity contribution in [2.75, 3.05) is 6.61 Å². The number of fused-ring (bicyclic) bond motifs is 2. The van der Waals surface area contributed by atoms with Crippen LogP contribution in [-0.4, -0.2) is 39.4 Å². The molecule has 1 aromatic heterocycles. The summed E-state index contributed by atoms with van der Waals surface area (Å²) in [4.78, 5) is 26.2. The normalized spacial score (nSPS) is 19.7. The first-order chi connectivity index (χ1) is 19.0. The van der Waals surface area contributed by atoms with Gasteiger partial charge in [-0.15, -0.1) is 0 Å². The Kier molecular flexibility index (Phi) is 6.48. The van der Waals surface area contributed by atoms with Crippen LogP contribution in [0.25, 0.3) is 17.0 Å². The molecule has 0 saturated heterocycles. The van der Waals surface area contributed by atoms with Crippen molar-refractivity contribution in [1.82, 2.24) is 15.2 Å². The fraction of sp³-hybridized carbons (Fsp3) is 0.200. The van der Waals surface area contributed by atoms with E-state index in [-0.39, 0.29) is 23.2 Å². The number of benzene rings is 3. The average Bonchev–Trinajstić information content (AvgIpc) is 3.56. The van der Waals surface area contributed by atoms with Gasteiger partial charge < -0.3 is 4.74 Å². The first-order valence-electron chi connectivity index (χ1n) is 12.7. The zero-order valence-electron chi connectivity index (χ0n) is 20.8. The summed E-state index contributed by atoms with van der Waals surface area (Å²) < 4.78 is 32.5. The number of amides is 1. The van der Waals surface area contributed by atoms with Gasteiger partial charge in [0, 0.05) is 11.3 Å². The second-order valence-electron chi connectivity index (χ2n) is 9.63. The van der Waals surface area contributed by atoms with Crippen molar-refractivity contribution in [1.29, 1.82) is 0 Å². The number of esters is 1. The maximum atomic E-state index is 13.7. The van der Waals surface area contributed by atoms with Gasteiger partial charge in [0.1, 0.15) is 11.6 Å². The first-order valence-corrected chi connectivity index (χ1v) is 12.7. The summed E-state index contributed by atoms with van der Waals surface area (Å²) >= 11 is 0. The van der Waals surface area contributed by atoms with E-state index in [1.165, 1.54) is 29.3 Å². The van der Waals surface area contributed by atoms with E-state index in [2.05, 4.69) is 10.2 Å². The van der Waals surface area contributed by atoms with Gasteiger partial charge in [-0.1, -0.05) is 42.5 Å². The van der Waals surface area contributed by atoms with Crippen molar-refractivity contribution >= 4 is 34.6 Å². The molecule has 0 bridgehead atoms. The van der Waals surface area contributed by atoms with Crippen molar-refractivity contribution in [3.05, 3.63) is 107 Å². The van der Waals surface area contributed by atoms with Crippen molar-refractivity contribution in [3.8, 4) is 0 Å². The smallest absolute Gasteiger partial charge is 0.359 e. The number of carbonyl (C=O) groups is 2. The molecule has 1 saturated carbocycles. The van der Waals surface area contributed by atoms with Crippen LogP contribution in [0.2, 0.25) is 0 Å². The number of para-hydroxylation sites is 1. The van der Waals surface area contributed by atoms with Gasteiger partial charge in [-0.25, -0.2) is 18.6 Å². The molecular weight excluding hydrogens is 502 g/mol. The van der Waals surface area contributed by atoms with Gasteiger partial charge in [0.25, 0.3) is 5.91 Å². The van der Waals surface area contributed by atoms with Crippen LogP contribution in [0.15, 0.2) is 83.5 Å². The molecular formula is C30H24F2N4O3. The molecule has 2 atom stereocenters. The van der Waals surface area contributed by atoms with Gasteiger partial charge >= 0.3 is 5.97 Å². The third-order valence-corrected chi connectivity index (χ3v) is 7.17. The maximum Gasteiger partial charge on any atom is 0.359 e. The Balaban J connectivity index is 1.29. The molecule has 1 amide bonds. The van der Waals surface area contributed by atoms with Crippen LogP contribution in [-0.2, 0) is 9.53 Å². The molecule has 2 heterocycles. The van der Waals surface area contributed by atoms with Crippen LogP contribution in [0, 0.1) is 17.6 Å². The van der Waals surface area contributed by atoms with Crippen molar-refractivity contribution in [2.45, 2.75) is 25.3 Å². The van der Waals surface area contributed by atoms with Gasteiger partial charge in [-0.05, 0) is 72.4 Å². The third kappa shape index (κ3) is 4.83. The highest BCUT2D eigenvalue weighted by Gasteiger charge is 2.44. The summed E-state index contributed by atoms with van der Waals surface area (Å²) in [7, 11) is 0. The van der Waals surface area contributed by atoms with Crippen LogP contribution in [0.1, 0.15) is 46.9 Å². The quantitative estimate of drug-likeness (QED) is 0.332. The number of nitrogens with one attached hydrogen (secondary N) is 1. The van der Waals surface area contributed by atoms with E-state index in [9.17, 15) is 18.4 Å². The third-order valence-electron chi connectivity index (χ3n) is 7.17. The number of ether oxygens (including phenoxy) is 1. The standard InChI is InChI=1S/C30H24F2N4O3/c31-21-12-8-18(9-13-21)16-20-4-3-6-24-27(20)35-36(29(24)19-10-14-22(32)15-11-19)26(37)17-39-30(38)28-23-5-1-2-7-25(23)33-34-28/h1-2,5,7-16,24,29H,3-4,6,17H2,(H,33,34). The van der Waals surface area contributed by atoms with E-state index in [0.29, 0.717) is 10.9 Å². The number of H-pyrrole nitrogens is 1. The minimum Gasteiger partial charge on any atom is -0.451 e. The fourth-order valence-electron chi connectivity index (χ4n) is 5.34. The molecule has 1 fully saturated rings. The van der Waals surface area contributed by atoms with E-state index >= 15 is 0 Å². The molecule has 6 rings (SSSR count). The summed E-state index contributed by atoms with van der Waals surface area (Å²) in [6.45, 7) is -0.530. The molecule has 7 nitrogen and oxygen atoms in total. The molecule has 2 aliphatic rings. The number of hydrogen-bond acceptors (Lipinski definition) is 5. The van der Waals surface area contributed by atoms with Crippen LogP contribution >= 0.6 is 0 Å². The number of hydrazone groups is 1. The lowest BCUT2D eigenvalue weighted by atomic mass is 9.77. The molecule has 1 aliphatic heterocycles. The molecule has 2 unspecified atom stereocenters. The topological polar surface area (TPSA) is 87.7 Å². The van der Waals surface area contributed by atoms with Crippen molar-refractivity contribution in [3.63, 3.8) is 0 Å². The van der Waals surface area contributed by atoms with Gasteiger partial charge in [-0.2, -0.15) is 10.2 Å². The summed E-state index contributed by atoms with van der Waals surface area (Å²) in [5.74, 6) is -2.04. The zero-order valence-corrected chi connectivity index (χ0v) is 20.8. The number of rotatable bonds is 5. The molecule has 0 spiro atoms. The summed E-state index contributed by atoms with van der Waals surface area (Å²) in [6, 6.07) is 18.9. The van der Waals surface area contributed by atoms with E-state index < -0.39 is 24.5 Å². The Morgan fingerprint density at radius 1 is 1.00 bits per heavy atom. The van der Waals surface area contributed by atoms with E-state index in [1.54, 1.807) is 42.5 Å². The highest BCUT2D eigenvalue weighted by atomic mass is 19.1. The molecule has 1 N–H and O–H groups in total. The molecule has 3 aromatic carbocycles. The monoisotopic (exact) mass is 526 g/mol. The van der Waals surface area contributed by atoms with E-state index in [0.717, 1.165) is 41.7 Å². The van der Waals surface area contributed by atoms with Gasteiger partial charge in [0.05, 0.1) is 17.3 Å². The predicted octanol–water partition coefficient (Wildman–Crippen LogP) is 5.82. The van der Waals surface area contributed by atoms with Crippen LogP contribution in [0.3, 0.4) is 0 Å². The van der Waals surface area contributed by atoms with Crippen LogP contribution < -0.4 is 0 Å². The zero-order chi connectivity index (χ0) is 26.9. The molecule has 39 heavy (non-hydrogen) atoms. The Hall–Kier alpha value is -4.66. The maximum absolute atomic E-state index is 13.7. The number of allylic oxidation sites excluding steroid dienone is 1. The van der Waals surface area contributed by atoms with Crippen LogP contribution in [0.5, 0.6) is 0 Å². The number of aromatic amines is 1. The molecule has 196 valence electrons. The van der Waals surface area contributed by atoms with Gasteiger partial charge in [0.2, 0.25) is 0 Å². The Labute approximate surface area is 222 Å². The van der Waals surface area contributed by atoms with E-state index in [1.807, 2.05) is 12.1 Å². The minimum absolute atomic E-state index is 0.0967.